The maximum Gasteiger partial charge on any atom is 0.169 e. The van der Waals surface area contributed by atoms with Gasteiger partial charge in [0.2, 0.25) is 0 Å². The van der Waals surface area contributed by atoms with Gasteiger partial charge in [0.1, 0.15) is 13.8 Å². The first-order chi connectivity index (χ1) is 3.77. The van der Waals surface area contributed by atoms with Crippen LogP contribution in [0, 0.1) is 0 Å². The summed E-state index contributed by atoms with van der Waals surface area (Å²) in [5, 5.41) is 0. The van der Waals surface area contributed by atoms with Crippen molar-refractivity contribution in [2.45, 2.75) is 0 Å². The minimum Gasteiger partial charge on any atom is -0.296 e. The second-order valence-electron chi connectivity index (χ2n) is 1.51. The Morgan fingerprint density at radius 1 is 1.62 bits per heavy atom. The van der Waals surface area contributed by atoms with Crippen molar-refractivity contribution in [2.24, 2.45) is 4.99 Å². The third kappa shape index (κ3) is 5.08. The van der Waals surface area contributed by atoms with Crippen molar-refractivity contribution in [1.82, 2.24) is 0 Å². The van der Waals surface area contributed by atoms with E-state index in [4.69, 9.17) is 0 Å². The van der Waals surface area contributed by atoms with E-state index in [1.165, 1.54) is 0 Å². The Morgan fingerprint density at radius 3 is 2.62 bits per heavy atom. The van der Waals surface area contributed by atoms with Gasteiger partial charge in [-0.25, -0.2) is 4.58 Å². The van der Waals surface area contributed by atoms with E-state index in [2.05, 4.69) is 11.7 Å². The molecule has 0 atom stereocenters. The average Bonchev–Trinajstić information content (AvgIpc) is 1.66. The van der Waals surface area contributed by atoms with Crippen LogP contribution in [0.2, 0.25) is 0 Å². The lowest BCUT2D eigenvalue weighted by Gasteiger charge is -1.74. The summed E-state index contributed by atoms with van der Waals surface area (Å²) >= 11 is 0. The molecule has 2 heteroatoms. The van der Waals surface area contributed by atoms with Crippen molar-refractivity contribution in [2.75, 3.05) is 14.1 Å². The predicted molar refractivity (Wildman–Crippen MR) is 36.9 cm³/mol. The van der Waals surface area contributed by atoms with E-state index in [1.54, 1.807) is 17.8 Å². The molecule has 0 aliphatic carbocycles. The maximum atomic E-state index is 3.74. The molecule has 0 saturated carbocycles. The van der Waals surface area contributed by atoms with Crippen molar-refractivity contribution in [3.05, 3.63) is 12.3 Å². The largest absolute Gasteiger partial charge is 0.296 e. The highest BCUT2D eigenvalue weighted by Crippen LogP contribution is 1.65. The van der Waals surface area contributed by atoms with E-state index >= 15 is 0 Å². The van der Waals surface area contributed by atoms with Crippen LogP contribution in [0.3, 0.4) is 0 Å². The Kier molecular flexibility index (Phi) is 3.76. The van der Waals surface area contributed by atoms with E-state index in [-0.39, 0.29) is 0 Å². The fourth-order valence-electron chi connectivity index (χ4n) is 0.271. The molecule has 0 unspecified atom stereocenters. The van der Waals surface area contributed by atoms with E-state index in [1.807, 2.05) is 19.3 Å². The Hall–Kier alpha value is -0.920. The standard InChI is InChI=1S/C6H11N2/c1-7-5-4-6-8(2)3/h4-6H,2H2,1,3H3/q+1. The zero-order chi connectivity index (χ0) is 6.41. The minimum absolute atomic E-state index is 1.71. The Balaban J connectivity index is 3.50. The van der Waals surface area contributed by atoms with Crippen LogP contribution in [0.4, 0.5) is 0 Å². The second kappa shape index (κ2) is 4.24. The lowest BCUT2D eigenvalue weighted by molar-refractivity contribution is -0.411. The van der Waals surface area contributed by atoms with Crippen LogP contribution in [0.5, 0.6) is 0 Å². The molecule has 0 aromatic heterocycles. The number of hydrogen-bond acceptors (Lipinski definition) is 1. The van der Waals surface area contributed by atoms with Gasteiger partial charge in [-0.3, -0.25) is 4.99 Å². The molecule has 0 rings (SSSR count). The zero-order valence-corrected chi connectivity index (χ0v) is 5.33. The molecule has 44 valence electrons. The van der Waals surface area contributed by atoms with Crippen molar-refractivity contribution in [3.63, 3.8) is 0 Å². The van der Waals surface area contributed by atoms with Crippen molar-refractivity contribution >= 4 is 12.9 Å². The van der Waals surface area contributed by atoms with Gasteiger partial charge < -0.3 is 0 Å². The second-order valence-corrected chi connectivity index (χ2v) is 1.51. The van der Waals surface area contributed by atoms with Gasteiger partial charge in [-0.1, -0.05) is 0 Å². The number of nitrogens with zero attached hydrogens (tertiary/aromatic N) is 2. The summed E-state index contributed by atoms with van der Waals surface area (Å²) in [6.45, 7) is 3.60. The summed E-state index contributed by atoms with van der Waals surface area (Å²) < 4.78 is 1.71. The molecule has 0 fully saturated rings. The van der Waals surface area contributed by atoms with E-state index < -0.39 is 0 Å². The van der Waals surface area contributed by atoms with Crippen molar-refractivity contribution < 1.29 is 4.58 Å². The topological polar surface area (TPSA) is 15.4 Å². The molecule has 0 saturated heterocycles. The van der Waals surface area contributed by atoms with Crippen LogP contribution in [0.15, 0.2) is 17.3 Å². The Labute approximate surface area is 49.9 Å². The van der Waals surface area contributed by atoms with Crippen molar-refractivity contribution in [3.8, 4) is 0 Å². The SMILES string of the molecule is C=[N+](C)C=CC=NC. The van der Waals surface area contributed by atoms with Gasteiger partial charge in [0.25, 0.3) is 0 Å². The first-order valence-corrected chi connectivity index (χ1v) is 2.39. The molecule has 0 aliphatic rings. The summed E-state index contributed by atoms with van der Waals surface area (Å²) in [5.41, 5.74) is 0. The quantitative estimate of drug-likeness (QED) is 0.365. The van der Waals surface area contributed by atoms with Gasteiger partial charge in [-0.05, 0) is 0 Å². The van der Waals surface area contributed by atoms with Crippen LogP contribution < -0.4 is 0 Å². The summed E-state index contributed by atoms with van der Waals surface area (Å²) in [5.74, 6) is 0. The van der Waals surface area contributed by atoms with Crippen LogP contribution in [-0.4, -0.2) is 31.6 Å². The molecule has 0 spiro atoms. The number of hydrogen-bond donors (Lipinski definition) is 0. The monoisotopic (exact) mass is 111 g/mol. The molecule has 2 nitrogen and oxygen atoms in total. The number of allylic oxidation sites excluding steroid dienone is 1. The van der Waals surface area contributed by atoms with Gasteiger partial charge >= 0.3 is 0 Å². The summed E-state index contributed by atoms with van der Waals surface area (Å²) in [7, 11) is 3.59. The lowest BCUT2D eigenvalue weighted by atomic mass is 10.6. The highest BCUT2D eigenvalue weighted by Gasteiger charge is 1.72. The molecular weight excluding hydrogens is 100 g/mol. The molecule has 0 bridgehead atoms. The van der Waals surface area contributed by atoms with Gasteiger partial charge in [0.15, 0.2) is 6.20 Å². The molecule has 0 N–H and O–H groups in total. The van der Waals surface area contributed by atoms with E-state index in [9.17, 15) is 0 Å². The summed E-state index contributed by atoms with van der Waals surface area (Å²) in [6.07, 6.45) is 5.36. The Morgan fingerprint density at radius 2 is 2.25 bits per heavy atom. The first-order valence-electron chi connectivity index (χ1n) is 2.39. The van der Waals surface area contributed by atoms with Crippen molar-refractivity contribution in [1.29, 1.82) is 0 Å². The van der Waals surface area contributed by atoms with Gasteiger partial charge in [-0.15, -0.1) is 0 Å². The number of aliphatic imine (C=N–C) groups is 1. The third-order valence-electron chi connectivity index (χ3n) is 0.576. The minimum atomic E-state index is 1.71. The van der Waals surface area contributed by atoms with Crippen LogP contribution in [0.1, 0.15) is 0 Å². The molecule has 0 heterocycles. The fourth-order valence-corrected chi connectivity index (χ4v) is 0.271. The Bertz CT molecular complexity index is 122. The van der Waals surface area contributed by atoms with Crippen LogP contribution in [-0.2, 0) is 0 Å². The first kappa shape index (κ1) is 7.08. The molecule has 0 aromatic carbocycles. The van der Waals surface area contributed by atoms with E-state index in [0.29, 0.717) is 0 Å². The van der Waals surface area contributed by atoms with Gasteiger partial charge in [0, 0.05) is 19.3 Å². The molecule has 0 aliphatic heterocycles. The molecular formula is C6H11N2+. The molecule has 0 aromatic rings. The van der Waals surface area contributed by atoms with Crippen LogP contribution >= 0.6 is 0 Å². The highest BCUT2D eigenvalue weighted by atomic mass is 14.9. The normalized spacial score (nSPS) is 11.2. The highest BCUT2D eigenvalue weighted by molar-refractivity contribution is 5.70. The maximum absolute atomic E-state index is 3.74. The lowest BCUT2D eigenvalue weighted by Crippen LogP contribution is -1.87. The summed E-state index contributed by atoms with van der Waals surface area (Å²) in [6, 6.07) is 0. The van der Waals surface area contributed by atoms with Gasteiger partial charge in [-0.2, -0.15) is 0 Å². The summed E-state index contributed by atoms with van der Waals surface area (Å²) in [4.78, 5) is 3.74. The number of rotatable bonds is 2. The molecule has 0 radical (unpaired) electrons. The smallest absolute Gasteiger partial charge is 0.169 e. The van der Waals surface area contributed by atoms with Gasteiger partial charge in [0.05, 0.1) is 0 Å². The average molecular weight is 111 g/mol. The third-order valence-corrected chi connectivity index (χ3v) is 0.576. The van der Waals surface area contributed by atoms with Crippen LogP contribution in [0.25, 0.3) is 0 Å². The fraction of sp³-hybridized carbons (Fsp3) is 0.333. The molecule has 0 amide bonds. The predicted octanol–water partition coefficient (Wildman–Crippen LogP) is 0.544. The van der Waals surface area contributed by atoms with E-state index in [0.717, 1.165) is 0 Å². The molecule has 8 heavy (non-hydrogen) atoms. The zero-order valence-electron chi connectivity index (χ0n) is 5.33.